The maximum absolute atomic E-state index is 13.8. The van der Waals surface area contributed by atoms with Gasteiger partial charge in [-0.25, -0.2) is 0 Å². The van der Waals surface area contributed by atoms with Gasteiger partial charge in [-0.2, -0.15) is 13.2 Å². The van der Waals surface area contributed by atoms with Gasteiger partial charge < -0.3 is 23.9 Å². The fourth-order valence-corrected chi connectivity index (χ4v) is 3.56. The zero-order valence-corrected chi connectivity index (χ0v) is 14.6. The number of nitrogens with zero attached hydrogens (tertiary/aromatic N) is 1. The maximum Gasteiger partial charge on any atom is 0.418 e. The van der Waals surface area contributed by atoms with Gasteiger partial charge in [0.25, 0.3) is 0 Å². The van der Waals surface area contributed by atoms with Crippen molar-refractivity contribution in [3.05, 3.63) is 23.8 Å². The summed E-state index contributed by atoms with van der Waals surface area (Å²) in [6, 6.07) is 4.70. The number of benzene rings is 1. The normalized spacial score (nSPS) is 25.8. The fraction of sp³-hybridized carbons (Fsp3) is 0.611. The average molecular weight is 373 g/mol. The number of fused-ring (bicyclic) bond motifs is 1. The lowest BCUT2D eigenvalue weighted by molar-refractivity contribution is -0.185. The van der Waals surface area contributed by atoms with Crippen molar-refractivity contribution >= 4 is 12.0 Å². The minimum atomic E-state index is -4.71. The Bertz CT molecular complexity index is 646. The molecule has 0 saturated carbocycles. The second-order valence-electron chi connectivity index (χ2n) is 6.53. The van der Waals surface area contributed by atoms with E-state index < -0.39 is 24.4 Å². The van der Waals surface area contributed by atoms with Gasteiger partial charge in [0, 0.05) is 25.3 Å². The summed E-state index contributed by atoms with van der Waals surface area (Å²) in [7, 11) is 1.45. The molecule has 2 heterocycles. The van der Waals surface area contributed by atoms with Crippen molar-refractivity contribution in [3.63, 3.8) is 0 Å². The van der Waals surface area contributed by atoms with Crippen molar-refractivity contribution in [1.29, 1.82) is 0 Å². The molecule has 0 amide bonds. The summed E-state index contributed by atoms with van der Waals surface area (Å²) in [4.78, 5) is 12.7. The van der Waals surface area contributed by atoms with Crippen molar-refractivity contribution in [2.24, 2.45) is 0 Å². The Morgan fingerprint density at radius 3 is 2.81 bits per heavy atom. The number of carbonyl (C=O) groups is 1. The summed E-state index contributed by atoms with van der Waals surface area (Å²) < 4.78 is 57.6. The molecule has 0 aromatic heterocycles. The molecule has 144 valence electrons. The zero-order chi connectivity index (χ0) is 18.8. The Kier molecular flexibility index (Phi) is 5.43. The van der Waals surface area contributed by atoms with Crippen molar-refractivity contribution in [1.82, 2.24) is 0 Å². The third-order valence-corrected chi connectivity index (χ3v) is 4.96. The number of methoxy groups -OCH3 is 1. The number of halogens is 3. The van der Waals surface area contributed by atoms with Gasteiger partial charge >= 0.3 is 6.18 Å². The summed E-state index contributed by atoms with van der Waals surface area (Å²) in [5.74, 6) is 0.458. The molecule has 2 unspecified atom stereocenters. The molecule has 0 bridgehead atoms. The second-order valence-corrected chi connectivity index (χ2v) is 6.53. The van der Waals surface area contributed by atoms with Crippen molar-refractivity contribution in [2.45, 2.75) is 43.7 Å². The minimum Gasteiger partial charge on any atom is -0.497 e. The SMILES string of the molecule is COc1ccc2c(c1)CC(C=O)(C(F)(F)F)N2CCOC1CCCCO1. The molecule has 26 heavy (non-hydrogen) atoms. The van der Waals surface area contributed by atoms with E-state index in [-0.39, 0.29) is 19.4 Å². The van der Waals surface area contributed by atoms with Crippen molar-refractivity contribution < 1.29 is 32.2 Å². The third kappa shape index (κ3) is 3.40. The monoisotopic (exact) mass is 373 g/mol. The van der Waals surface area contributed by atoms with Crippen LogP contribution in [0.5, 0.6) is 5.75 Å². The Morgan fingerprint density at radius 1 is 1.38 bits per heavy atom. The summed E-state index contributed by atoms with van der Waals surface area (Å²) in [5, 5.41) is 0. The summed E-state index contributed by atoms with van der Waals surface area (Å²) >= 11 is 0. The van der Waals surface area contributed by atoms with Gasteiger partial charge in [-0.3, -0.25) is 0 Å². The van der Waals surface area contributed by atoms with E-state index in [0.29, 0.717) is 23.6 Å². The van der Waals surface area contributed by atoms with Gasteiger partial charge in [0.2, 0.25) is 0 Å². The van der Waals surface area contributed by atoms with Crippen LogP contribution in [0.3, 0.4) is 0 Å². The highest BCUT2D eigenvalue weighted by molar-refractivity contribution is 5.80. The van der Waals surface area contributed by atoms with Crippen LogP contribution in [-0.2, 0) is 20.7 Å². The van der Waals surface area contributed by atoms with Crippen LogP contribution in [0.4, 0.5) is 18.9 Å². The number of hydrogen-bond donors (Lipinski definition) is 0. The fourth-order valence-electron chi connectivity index (χ4n) is 3.56. The molecule has 1 aromatic carbocycles. The number of alkyl halides is 3. The van der Waals surface area contributed by atoms with Gasteiger partial charge in [0.1, 0.15) is 5.75 Å². The number of carbonyl (C=O) groups excluding carboxylic acids is 1. The number of anilines is 1. The smallest absolute Gasteiger partial charge is 0.418 e. The number of ether oxygens (including phenoxy) is 3. The standard InChI is InChI=1S/C18H22F3NO4/c1-24-14-5-6-15-13(10-14)11-17(12-23,18(19,20)21)22(15)7-9-26-16-4-2-3-8-25-16/h5-6,10,12,16H,2-4,7-9,11H2,1H3. The molecule has 0 aliphatic carbocycles. The van der Waals surface area contributed by atoms with E-state index in [0.717, 1.165) is 24.2 Å². The van der Waals surface area contributed by atoms with Crippen LogP contribution in [0.25, 0.3) is 0 Å². The van der Waals surface area contributed by atoms with Crippen LogP contribution in [0.1, 0.15) is 24.8 Å². The van der Waals surface area contributed by atoms with E-state index in [1.165, 1.54) is 7.11 Å². The molecule has 2 atom stereocenters. The van der Waals surface area contributed by atoms with E-state index in [9.17, 15) is 18.0 Å². The number of hydrogen-bond acceptors (Lipinski definition) is 5. The Morgan fingerprint density at radius 2 is 2.19 bits per heavy atom. The highest BCUT2D eigenvalue weighted by Crippen LogP contribution is 2.47. The summed E-state index contributed by atoms with van der Waals surface area (Å²) in [6.45, 7) is 0.580. The molecular weight excluding hydrogens is 351 g/mol. The molecule has 2 aliphatic heterocycles. The molecule has 2 aliphatic rings. The molecule has 8 heteroatoms. The first kappa shape index (κ1) is 19.0. The van der Waals surface area contributed by atoms with Gasteiger partial charge in [-0.05, 0) is 43.0 Å². The van der Waals surface area contributed by atoms with Crippen LogP contribution >= 0.6 is 0 Å². The molecule has 5 nitrogen and oxygen atoms in total. The lowest BCUT2D eigenvalue weighted by Crippen LogP contribution is -2.60. The Balaban J connectivity index is 1.81. The van der Waals surface area contributed by atoms with Gasteiger partial charge in [-0.15, -0.1) is 0 Å². The van der Waals surface area contributed by atoms with Crippen LogP contribution in [0.15, 0.2) is 18.2 Å². The highest BCUT2D eigenvalue weighted by Gasteiger charge is 2.62. The van der Waals surface area contributed by atoms with Crippen molar-refractivity contribution in [2.75, 3.05) is 31.8 Å². The van der Waals surface area contributed by atoms with Gasteiger partial charge in [0.05, 0.1) is 13.7 Å². The molecular formula is C18H22F3NO4. The first-order valence-corrected chi connectivity index (χ1v) is 8.62. The predicted octanol–water partition coefficient (Wildman–Crippen LogP) is 3.10. The average Bonchev–Trinajstić information content (AvgIpc) is 2.96. The first-order valence-electron chi connectivity index (χ1n) is 8.62. The van der Waals surface area contributed by atoms with E-state index in [4.69, 9.17) is 14.2 Å². The molecule has 1 saturated heterocycles. The molecule has 0 radical (unpaired) electrons. The topological polar surface area (TPSA) is 48.0 Å². The Hall–Kier alpha value is -1.80. The second kappa shape index (κ2) is 7.44. The van der Waals surface area contributed by atoms with Crippen LogP contribution < -0.4 is 9.64 Å². The lowest BCUT2D eigenvalue weighted by Gasteiger charge is -2.37. The highest BCUT2D eigenvalue weighted by atomic mass is 19.4. The van der Waals surface area contributed by atoms with E-state index in [1.54, 1.807) is 18.2 Å². The molecule has 1 fully saturated rings. The van der Waals surface area contributed by atoms with Gasteiger partial charge in [0.15, 0.2) is 18.1 Å². The third-order valence-electron chi connectivity index (χ3n) is 4.96. The van der Waals surface area contributed by atoms with Crippen molar-refractivity contribution in [3.8, 4) is 5.75 Å². The molecule has 3 rings (SSSR count). The summed E-state index contributed by atoms with van der Waals surface area (Å²) in [5.41, 5.74) is -1.77. The molecule has 0 N–H and O–H groups in total. The minimum absolute atomic E-state index is 0.00339. The maximum atomic E-state index is 13.8. The van der Waals surface area contributed by atoms with E-state index in [1.807, 2.05) is 0 Å². The number of aldehydes is 1. The molecule has 1 aromatic rings. The summed E-state index contributed by atoms with van der Waals surface area (Å²) in [6.07, 6.45) is -2.88. The van der Waals surface area contributed by atoms with Crippen LogP contribution in [0.2, 0.25) is 0 Å². The molecule has 0 spiro atoms. The Labute approximate surface area is 150 Å². The lowest BCUT2D eigenvalue weighted by atomic mass is 9.95. The van der Waals surface area contributed by atoms with Crippen LogP contribution in [-0.4, -0.2) is 51.2 Å². The van der Waals surface area contributed by atoms with E-state index in [2.05, 4.69) is 0 Å². The quantitative estimate of drug-likeness (QED) is 0.717. The largest absolute Gasteiger partial charge is 0.497 e. The van der Waals surface area contributed by atoms with E-state index >= 15 is 0 Å². The van der Waals surface area contributed by atoms with Crippen LogP contribution in [0, 0.1) is 0 Å². The van der Waals surface area contributed by atoms with Gasteiger partial charge in [-0.1, -0.05) is 0 Å². The predicted molar refractivity (Wildman–Crippen MR) is 88.4 cm³/mol. The first-order chi connectivity index (χ1) is 12.4. The number of rotatable bonds is 6. The zero-order valence-electron chi connectivity index (χ0n) is 14.6.